The van der Waals surface area contributed by atoms with Crippen molar-refractivity contribution in [3.8, 4) is 11.3 Å². The SMILES string of the molecule is O=C(c1ccn[nH]1)N1Cc2nc3cc(-c4ccc(F)cc4)[nH]n3c(=O)c2C1. The Morgan fingerprint density at radius 3 is 2.70 bits per heavy atom. The predicted molar refractivity (Wildman–Crippen MR) is 93.4 cm³/mol. The second-order valence-corrected chi connectivity index (χ2v) is 6.34. The first-order valence-electron chi connectivity index (χ1n) is 8.28. The second-order valence-electron chi connectivity index (χ2n) is 6.34. The zero-order valence-electron chi connectivity index (χ0n) is 13.9. The van der Waals surface area contributed by atoms with E-state index in [4.69, 9.17) is 0 Å². The van der Waals surface area contributed by atoms with Gasteiger partial charge < -0.3 is 4.90 Å². The number of amides is 1. The van der Waals surface area contributed by atoms with Gasteiger partial charge in [-0.05, 0) is 35.9 Å². The van der Waals surface area contributed by atoms with Gasteiger partial charge in [-0.1, -0.05) is 0 Å². The van der Waals surface area contributed by atoms with E-state index >= 15 is 0 Å². The summed E-state index contributed by atoms with van der Waals surface area (Å²) >= 11 is 0. The maximum Gasteiger partial charge on any atom is 0.278 e. The Balaban J connectivity index is 1.53. The highest BCUT2D eigenvalue weighted by Crippen LogP contribution is 2.23. The quantitative estimate of drug-likeness (QED) is 0.566. The van der Waals surface area contributed by atoms with Gasteiger partial charge in [0.2, 0.25) is 0 Å². The number of nitrogens with zero attached hydrogens (tertiary/aromatic N) is 4. The lowest BCUT2D eigenvalue weighted by atomic mass is 10.1. The number of carbonyl (C=O) groups is 1. The van der Waals surface area contributed by atoms with Crippen LogP contribution in [-0.2, 0) is 13.1 Å². The van der Waals surface area contributed by atoms with Crippen molar-refractivity contribution in [1.29, 1.82) is 0 Å². The van der Waals surface area contributed by atoms with Crippen LogP contribution in [0.25, 0.3) is 16.9 Å². The highest BCUT2D eigenvalue weighted by Gasteiger charge is 2.29. The molecular weight excluding hydrogens is 351 g/mol. The van der Waals surface area contributed by atoms with Crippen LogP contribution in [0.3, 0.4) is 0 Å². The van der Waals surface area contributed by atoms with Crippen LogP contribution >= 0.6 is 0 Å². The third-order valence-corrected chi connectivity index (χ3v) is 4.66. The van der Waals surface area contributed by atoms with Crippen LogP contribution in [0.5, 0.6) is 0 Å². The molecule has 9 heteroatoms. The summed E-state index contributed by atoms with van der Waals surface area (Å²) in [7, 11) is 0. The molecule has 5 rings (SSSR count). The van der Waals surface area contributed by atoms with Crippen LogP contribution < -0.4 is 5.56 Å². The Morgan fingerprint density at radius 2 is 1.96 bits per heavy atom. The molecule has 4 heterocycles. The molecule has 0 atom stereocenters. The number of rotatable bonds is 2. The molecule has 0 bridgehead atoms. The summed E-state index contributed by atoms with van der Waals surface area (Å²) in [5.74, 6) is -0.559. The van der Waals surface area contributed by atoms with Crippen LogP contribution in [0.1, 0.15) is 21.7 Å². The fourth-order valence-electron chi connectivity index (χ4n) is 3.29. The van der Waals surface area contributed by atoms with Crippen molar-refractivity contribution in [2.75, 3.05) is 0 Å². The molecule has 134 valence electrons. The number of aromatic nitrogens is 5. The summed E-state index contributed by atoms with van der Waals surface area (Å²) in [5, 5.41) is 9.41. The van der Waals surface area contributed by atoms with E-state index in [0.29, 0.717) is 28.3 Å². The number of fused-ring (bicyclic) bond motifs is 2. The summed E-state index contributed by atoms with van der Waals surface area (Å²) in [6, 6.07) is 9.29. The molecule has 1 aliphatic rings. The summed E-state index contributed by atoms with van der Waals surface area (Å²) in [6.45, 7) is 0.447. The smallest absolute Gasteiger partial charge is 0.278 e. The van der Waals surface area contributed by atoms with Crippen LogP contribution in [0.15, 0.2) is 47.4 Å². The number of carbonyl (C=O) groups excluding carboxylic acids is 1. The lowest BCUT2D eigenvalue weighted by Crippen LogP contribution is -2.27. The van der Waals surface area contributed by atoms with Gasteiger partial charge in [-0.15, -0.1) is 0 Å². The van der Waals surface area contributed by atoms with Crippen molar-refractivity contribution in [3.63, 3.8) is 0 Å². The average molecular weight is 364 g/mol. The molecule has 1 aromatic carbocycles. The molecule has 3 aromatic heterocycles. The van der Waals surface area contributed by atoms with Gasteiger partial charge in [0.15, 0.2) is 5.65 Å². The van der Waals surface area contributed by atoms with Crippen LogP contribution in [0, 0.1) is 5.82 Å². The highest BCUT2D eigenvalue weighted by molar-refractivity contribution is 5.92. The molecule has 8 nitrogen and oxygen atoms in total. The summed E-state index contributed by atoms with van der Waals surface area (Å²) < 4.78 is 14.5. The number of hydrogen-bond acceptors (Lipinski definition) is 4. The molecule has 4 aromatic rings. The third-order valence-electron chi connectivity index (χ3n) is 4.66. The minimum absolute atomic E-state index is 0.187. The molecule has 1 aliphatic heterocycles. The maximum atomic E-state index is 13.1. The van der Waals surface area contributed by atoms with E-state index in [0.717, 1.165) is 5.56 Å². The van der Waals surface area contributed by atoms with Gasteiger partial charge in [0.05, 0.1) is 30.0 Å². The fourth-order valence-corrected chi connectivity index (χ4v) is 3.29. The normalized spacial score (nSPS) is 13.3. The Labute approximate surface area is 151 Å². The molecular formula is C18H13FN6O2. The van der Waals surface area contributed by atoms with Crippen molar-refractivity contribution in [2.45, 2.75) is 13.1 Å². The first-order valence-corrected chi connectivity index (χ1v) is 8.28. The minimum atomic E-state index is -0.328. The van der Waals surface area contributed by atoms with Gasteiger partial charge >= 0.3 is 0 Å². The van der Waals surface area contributed by atoms with Crippen LogP contribution in [0.2, 0.25) is 0 Å². The molecule has 0 saturated carbocycles. The van der Waals surface area contributed by atoms with Crippen LogP contribution in [-0.4, -0.2) is 35.6 Å². The molecule has 0 spiro atoms. The second kappa shape index (κ2) is 5.63. The number of halogens is 1. The molecule has 2 N–H and O–H groups in total. The molecule has 0 aliphatic carbocycles. The number of benzene rings is 1. The van der Waals surface area contributed by atoms with Gasteiger partial charge in [-0.25, -0.2) is 13.9 Å². The van der Waals surface area contributed by atoms with Gasteiger partial charge in [-0.2, -0.15) is 5.10 Å². The van der Waals surface area contributed by atoms with E-state index in [-0.39, 0.29) is 30.4 Å². The van der Waals surface area contributed by atoms with Crippen molar-refractivity contribution >= 4 is 11.6 Å². The van der Waals surface area contributed by atoms with E-state index in [1.54, 1.807) is 29.2 Å². The number of nitrogens with one attached hydrogen (secondary N) is 2. The predicted octanol–water partition coefficient (Wildman–Crippen LogP) is 1.71. The summed E-state index contributed by atoms with van der Waals surface area (Å²) in [4.78, 5) is 31.4. The van der Waals surface area contributed by atoms with E-state index in [9.17, 15) is 14.0 Å². The fraction of sp³-hybridized carbons (Fsp3) is 0.111. The number of H-pyrrole nitrogens is 2. The van der Waals surface area contributed by atoms with Crippen molar-refractivity contribution < 1.29 is 9.18 Å². The Kier molecular flexibility index (Phi) is 3.23. The number of aromatic amines is 2. The van der Waals surface area contributed by atoms with E-state index < -0.39 is 0 Å². The first-order chi connectivity index (χ1) is 13.1. The van der Waals surface area contributed by atoms with Crippen molar-refractivity contribution in [2.24, 2.45) is 0 Å². The first kappa shape index (κ1) is 15.5. The maximum absolute atomic E-state index is 13.1. The number of hydrogen-bond donors (Lipinski definition) is 2. The Hall–Kier alpha value is -3.75. The zero-order valence-corrected chi connectivity index (χ0v) is 13.9. The van der Waals surface area contributed by atoms with Gasteiger partial charge in [0.1, 0.15) is 11.5 Å². The zero-order chi connectivity index (χ0) is 18.5. The molecule has 0 unspecified atom stereocenters. The Morgan fingerprint density at radius 1 is 1.15 bits per heavy atom. The van der Waals surface area contributed by atoms with E-state index in [2.05, 4.69) is 20.3 Å². The molecule has 0 fully saturated rings. The largest absolute Gasteiger partial charge is 0.327 e. The molecule has 1 amide bonds. The standard InChI is InChI=1S/C18H13FN6O2/c19-11-3-1-10(2-4-11)14-7-16-21-15-9-24(18(27)13-5-6-20-22-13)8-12(15)17(26)25(16)23-14/h1-7,23H,8-9H2,(H,20,22). The monoisotopic (exact) mass is 364 g/mol. The molecule has 0 saturated heterocycles. The lowest BCUT2D eigenvalue weighted by molar-refractivity contribution is 0.0744. The van der Waals surface area contributed by atoms with Crippen molar-refractivity contribution in [3.05, 3.63) is 75.7 Å². The molecule has 0 radical (unpaired) electrons. The Bertz CT molecular complexity index is 1220. The summed E-state index contributed by atoms with van der Waals surface area (Å²) in [5.41, 5.74) is 3.04. The van der Waals surface area contributed by atoms with E-state index in [1.165, 1.54) is 22.8 Å². The van der Waals surface area contributed by atoms with E-state index in [1.807, 2.05) is 0 Å². The highest BCUT2D eigenvalue weighted by atomic mass is 19.1. The minimum Gasteiger partial charge on any atom is -0.327 e. The lowest BCUT2D eigenvalue weighted by Gasteiger charge is -2.12. The van der Waals surface area contributed by atoms with Gasteiger partial charge in [0, 0.05) is 12.3 Å². The van der Waals surface area contributed by atoms with Gasteiger partial charge in [0.25, 0.3) is 11.5 Å². The third kappa shape index (κ3) is 2.43. The summed E-state index contributed by atoms with van der Waals surface area (Å²) in [6.07, 6.45) is 1.50. The molecule has 27 heavy (non-hydrogen) atoms. The average Bonchev–Trinajstić information content (AvgIpc) is 3.41. The topological polar surface area (TPSA) is 99.2 Å². The van der Waals surface area contributed by atoms with Crippen molar-refractivity contribution in [1.82, 2.24) is 29.7 Å². The van der Waals surface area contributed by atoms with Gasteiger partial charge in [-0.3, -0.25) is 19.8 Å². The van der Waals surface area contributed by atoms with Crippen LogP contribution in [0.4, 0.5) is 4.39 Å².